The Bertz CT molecular complexity index is 375. The summed E-state index contributed by atoms with van der Waals surface area (Å²) >= 11 is 1.41. The number of aromatic nitrogens is 1. The molecule has 0 saturated carbocycles. The number of aryl methyl sites for hydroxylation is 1. The van der Waals surface area contributed by atoms with E-state index in [2.05, 4.69) is 21.7 Å². The van der Waals surface area contributed by atoms with Gasteiger partial charge in [-0.1, -0.05) is 6.92 Å². The van der Waals surface area contributed by atoms with Gasteiger partial charge in [-0.3, -0.25) is 0 Å². The van der Waals surface area contributed by atoms with Crippen LogP contribution in [-0.4, -0.2) is 22.7 Å². The van der Waals surface area contributed by atoms with Crippen molar-refractivity contribution >= 4 is 17.3 Å². The standard InChI is InChI=1S/C9H9NO3S/c1-2-8-10-7(6-14-8)9(12)13-5-3-4-11/h6,11H,2,4H2,1H3. The number of thiazole rings is 1. The summed E-state index contributed by atoms with van der Waals surface area (Å²) in [6.07, 6.45) is 2.87. The molecule has 1 aromatic heterocycles. The Kier molecular flexibility index (Phi) is 4.11. The average Bonchev–Trinajstić information content (AvgIpc) is 2.66. The smallest absolute Gasteiger partial charge is 0.371 e. The highest BCUT2D eigenvalue weighted by atomic mass is 32.1. The van der Waals surface area contributed by atoms with E-state index in [0.29, 0.717) is 0 Å². The molecule has 0 radical (unpaired) electrons. The minimum absolute atomic E-state index is 0.263. The molecule has 1 N–H and O–H groups in total. The minimum atomic E-state index is -0.582. The topological polar surface area (TPSA) is 59.4 Å². The summed E-state index contributed by atoms with van der Waals surface area (Å²) in [5, 5.41) is 10.8. The lowest BCUT2D eigenvalue weighted by Crippen LogP contribution is -2.01. The van der Waals surface area contributed by atoms with Crippen LogP contribution < -0.4 is 0 Å². The normalized spacial score (nSPS) is 9.00. The van der Waals surface area contributed by atoms with Crippen molar-refractivity contribution in [1.29, 1.82) is 0 Å². The number of hydrogen-bond acceptors (Lipinski definition) is 5. The second kappa shape index (κ2) is 5.37. The molecule has 74 valence electrons. The molecule has 0 amide bonds. The van der Waals surface area contributed by atoms with Crippen LogP contribution in [0.5, 0.6) is 0 Å². The summed E-state index contributed by atoms with van der Waals surface area (Å²) in [4.78, 5) is 15.2. The summed E-state index contributed by atoms with van der Waals surface area (Å²) in [7, 11) is 0. The molecule has 0 aromatic carbocycles. The highest BCUT2D eigenvalue weighted by Crippen LogP contribution is 2.10. The van der Waals surface area contributed by atoms with Gasteiger partial charge in [0.2, 0.25) is 0 Å². The SMILES string of the molecule is CCc1nc(C(=O)OC#CCO)cs1. The maximum absolute atomic E-state index is 11.2. The predicted molar refractivity (Wildman–Crippen MR) is 51.8 cm³/mol. The first-order chi connectivity index (χ1) is 6.77. The van der Waals surface area contributed by atoms with Gasteiger partial charge >= 0.3 is 5.97 Å². The van der Waals surface area contributed by atoms with E-state index in [-0.39, 0.29) is 12.3 Å². The monoisotopic (exact) mass is 211 g/mol. The largest absolute Gasteiger partial charge is 0.384 e. The third kappa shape index (κ3) is 2.83. The molecule has 0 bridgehead atoms. The molecule has 1 rings (SSSR count). The first-order valence-electron chi connectivity index (χ1n) is 4.02. The summed E-state index contributed by atoms with van der Waals surface area (Å²) in [6, 6.07) is 0. The van der Waals surface area contributed by atoms with Gasteiger partial charge in [0, 0.05) is 5.38 Å². The Morgan fingerprint density at radius 3 is 3.14 bits per heavy atom. The Morgan fingerprint density at radius 2 is 2.57 bits per heavy atom. The third-order valence-corrected chi connectivity index (χ3v) is 2.35. The molecule has 0 spiro atoms. The van der Waals surface area contributed by atoms with Crippen molar-refractivity contribution in [1.82, 2.24) is 4.98 Å². The van der Waals surface area contributed by atoms with Crippen LogP contribution in [0.3, 0.4) is 0 Å². The minimum Gasteiger partial charge on any atom is -0.384 e. The summed E-state index contributed by atoms with van der Waals surface area (Å²) in [5.41, 5.74) is 0.263. The van der Waals surface area contributed by atoms with Crippen molar-refractivity contribution in [3.8, 4) is 12.0 Å². The fourth-order valence-electron chi connectivity index (χ4n) is 0.734. The number of hydrogen-bond donors (Lipinski definition) is 1. The Balaban J connectivity index is 2.60. The number of esters is 1. The lowest BCUT2D eigenvalue weighted by atomic mass is 10.5. The third-order valence-electron chi connectivity index (χ3n) is 1.36. The van der Waals surface area contributed by atoms with Crippen molar-refractivity contribution in [2.45, 2.75) is 13.3 Å². The first kappa shape index (κ1) is 10.7. The Morgan fingerprint density at radius 1 is 1.79 bits per heavy atom. The molecule has 5 heteroatoms. The van der Waals surface area contributed by atoms with Crippen LogP contribution in [0.1, 0.15) is 22.4 Å². The van der Waals surface area contributed by atoms with Crippen LogP contribution in [0.25, 0.3) is 0 Å². The molecule has 14 heavy (non-hydrogen) atoms. The van der Waals surface area contributed by atoms with Gasteiger partial charge in [0.25, 0.3) is 0 Å². The van der Waals surface area contributed by atoms with Gasteiger partial charge in [-0.15, -0.1) is 11.3 Å². The lowest BCUT2D eigenvalue weighted by Gasteiger charge is -1.89. The summed E-state index contributed by atoms with van der Waals surface area (Å²) in [6.45, 7) is 1.63. The van der Waals surface area contributed by atoms with Crippen LogP contribution in [-0.2, 0) is 11.2 Å². The highest BCUT2D eigenvalue weighted by molar-refractivity contribution is 7.09. The molecule has 4 nitrogen and oxygen atoms in total. The van der Waals surface area contributed by atoms with Gasteiger partial charge in [0.15, 0.2) is 5.69 Å². The zero-order chi connectivity index (χ0) is 10.4. The van der Waals surface area contributed by atoms with Crippen molar-refractivity contribution < 1.29 is 14.6 Å². The van der Waals surface area contributed by atoms with E-state index in [9.17, 15) is 4.79 Å². The Labute approximate surface area is 85.5 Å². The van der Waals surface area contributed by atoms with E-state index < -0.39 is 5.97 Å². The predicted octanol–water partition coefficient (Wildman–Crippen LogP) is 0.816. The average molecular weight is 211 g/mol. The molecular weight excluding hydrogens is 202 g/mol. The van der Waals surface area contributed by atoms with Crippen LogP contribution in [0.2, 0.25) is 0 Å². The zero-order valence-electron chi connectivity index (χ0n) is 7.61. The molecule has 1 heterocycles. The van der Waals surface area contributed by atoms with Gasteiger partial charge in [-0.05, 0) is 12.3 Å². The fraction of sp³-hybridized carbons (Fsp3) is 0.333. The molecule has 0 fully saturated rings. The molecule has 0 aliphatic heterocycles. The van der Waals surface area contributed by atoms with Crippen molar-refractivity contribution in [3.05, 3.63) is 16.1 Å². The van der Waals surface area contributed by atoms with Crippen LogP contribution in [0.15, 0.2) is 5.38 Å². The van der Waals surface area contributed by atoms with E-state index >= 15 is 0 Å². The summed E-state index contributed by atoms with van der Waals surface area (Å²) < 4.78 is 4.51. The summed E-state index contributed by atoms with van der Waals surface area (Å²) in [5.74, 6) is 1.63. The van der Waals surface area contributed by atoms with Gasteiger partial charge in [-0.25, -0.2) is 9.78 Å². The molecule has 0 aliphatic rings. The number of ether oxygens (including phenoxy) is 1. The van der Waals surface area contributed by atoms with Crippen LogP contribution >= 0.6 is 11.3 Å². The van der Waals surface area contributed by atoms with Crippen molar-refractivity contribution in [3.63, 3.8) is 0 Å². The quantitative estimate of drug-likeness (QED) is 0.581. The Hall–Kier alpha value is -1.38. The number of aliphatic hydroxyl groups excluding tert-OH is 1. The fourth-order valence-corrected chi connectivity index (χ4v) is 1.45. The highest BCUT2D eigenvalue weighted by Gasteiger charge is 2.10. The van der Waals surface area contributed by atoms with Gasteiger partial charge in [-0.2, -0.15) is 0 Å². The van der Waals surface area contributed by atoms with Crippen molar-refractivity contribution in [2.24, 2.45) is 0 Å². The molecule has 0 saturated heterocycles. The maximum Gasteiger partial charge on any atom is 0.371 e. The number of carbonyl (C=O) groups excluding carboxylic acids is 1. The van der Waals surface area contributed by atoms with E-state index in [1.54, 1.807) is 5.38 Å². The molecule has 0 unspecified atom stereocenters. The van der Waals surface area contributed by atoms with E-state index in [1.807, 2.05) is 6.92 Å². The van der Waals surface area contributed by atoms with E-state index in [0.717, 1.165) is 11.4 Å². The van der Waals surface area contributed by atoms with E-state index in [4.69, 9.17) is 5.11 Å². The molecule has 1 aromatic rings. The van der Waals surface area contributed by atoms with E-state index in [1.165, 1.54) is 11.3 Å². The number of rotatable bonds is 2. The van der Waals surface area contributed by atoms with Gasteiger partial charge < -0.3 is 9.84 Å². The molecule has 0 aliphatic carbocycles. The van der Waals surface area contributed by atoms with Gasteiger partial charge in [0.05, 0.1) is 5.01 Å². The van der Waals surface area contributed by atoms with Crippen molar-refractivity contribution in [2.75, 3.05) is 6.61 Å². The second-order valence-corrected chi connectivity index (χ2v) is 3.25. The number of nitrogens with zero attached hydrogens (tertiary/aromatic N) is 1. The first-order valence-corrected chi connectivity index (χ1v) is 4.90. The lowest BCUT2D eigenvalue weighted by molar-refractivity contribution is 0.0684. The molecular formula is C9H9NO3S. The zero-order valence-corrected chi connectivity index (χ0v) is 8.43. The second-order valence-electron chi connectivity index (χ2n) is 2.31. The number of aliphatic hydroxyl groups is 1. The maximum atomic E-state index is 11.2. The number of carbonyl (C=O) groups is 1. The van der Waals surface area contributed by atoms with Gasteiger partial charge in [0.1, 0.15) is 12.7 Å². The van der Waals surface area contributed by atoms with Crippen LogP contribution in [0, 0.1) is 12.0 Å². The van der Waals surface area contributed by atoms with Crippen LogP contribution in [0.4, 0.5) is 0 Å². The molecule has 0 atom stereocenters.